The SMILES string of the molecule is Cc1ccn(CC(=O)N2CCCCC2CN2CCCC2=O)c(=O)c1. The predicted octanol–water partition coefficient (Wildman–Crippen LogP) is 1.16. The Morgan fingerprint density at radius 2 is 2.04 bits per heavy atom. The van der Waals surface area contributed by atoms with Crippen molar-refractivity contribution < 1.29 is 9.59 Å². The summed E-state index contributed by atoms with van der Waals surface area (Å²) in [6, 6.07) is 3.46. The lowest BCUT2D eigenvalue weighted by molar-refractivity contribution is -0.138. The highest BCUT2D eigenvalue weighted by molar-refractivity contribution is 5.79. The van der Waals surface area contributed by atoms with E-state index < -0.39 is 0 Å². The van der Waals surface area contributed by atoms with Crippen molar-refractivity contribution in [2.45, 2.75) is 51.6 Å². The Morgan fingerprint density at radius 3 is 2.75 bits per heavy atom. The van der Waals surface area contributed by atoms with E-state index in [1.807, 2.05) is 22.8 Å². The quantitative estimate of drug-likeness (QED) is 0.832. The second kappa shape index (κ2) is 7.20. The van der Waals surface area contributed by atoms with Crippen LogP contribution in [-0.2, 0) is 16.1 Å². The average molecular weight is 331 g/mol. The summed E-state index contributed by atoms with van der Waals surface area (Å²) in [4.78, 5) is 40.4. The van der Waals surface area contributed by atoms with Crippen LogP contribution in [0.5, 0.6) is 0 Å². The Kier molecular flexibility index (Phi) is 5.02. The third-order valence-electron chi connectivity index (χ3n) is 5.01. The molecule has 0 aliphatic carbocycles. The largest absolute Gasteiger partial charge is 0.341 e. The molecule has 0 radical (unpaired) electrons. The zero-order chi connectivity index (χ0) is 17.1. The number of nitrogens with zero attached hydrogens (tertiary/aromatic N) is 3. The number of pyridine rings is 1. The molecule has 0 N–H and O–H groups in total. The maximum Gasteiger partial charge on any atom is 0.251 e. The van der Waals surface area contributed by atoms with Gasteiger partial charge in [-0.25, -0.2) is 0 Å². The van der Waals surface area contributed by atoms with Crippen LogP contribution in [0.4, 0.5) is 0 Å². The Bertz CT molecular complexity index is 682. The summed E-state index contributed by atoms with van der Waals surface area (Å²) in [6.07, 6.45) is 6.22. The Morgan fingerprint density at radius 1 is 1.21 bits per heavy atom. The zero-order valence-electron chi connectivity index (χ0n) is 14.2. The van der Waals surface area contributed by atoms with E-state index in [-0.39, 0.29) is 30.0 Å². The summed E-state index contributed by atoms with van der Waals surface area (Å²) in [5.74, 6) is 0.167. The third-order valence-corrected chi connectivity index (χ3v) is 5.01. The number of rotatable bonds is 4. The van der Waals surface area contributed by atoms with Gasteiger partial charge in [0.1, 0.15) is 6.54 Å². The molecule has 0 aromatic carbocycles. The number of aromatic nitrogens is 1. The monoisotopic (exact) mass is 331 g/mol. The van der Waals surface area contributed by atoms with E-state index in [1.54, 1.807) is 12.3 Å². The second-order valence-corrected chi connectivity index (χ2v) is 6.85. The Hall–Kier alpha value is -2.11. The molecular formula is C18H25N3O3. The van der Waals surface area contributed by atoms with Crippen LogP contribution >= 0.6 is 0 Å². The van der Waals surface area contributed by atoms with E-state index in [4.69, 9.17) is 0 Å². The summed E-state index contributed by atoms with van der Waals surface area (Å²) in [5, 5.41) is 0. The second-order valence-electron chi connectivity index (χ2n) is 6.85. The fourth-order valence-electron chi connectivity index (χ4n) is 3.64. The summed E-state index contributed by atoms with van der Waals surface area (Å²) >= 11 is 0. The molecule has 2 saturated heterocycles. The lowest BCUT2D eigenvalue weighted by Crippen LogP contribution is -2.51. The van der Waals surface area contributed by atoms with E-state index in [1.165, 1.54) is 4.57 Å². The molecule has 3 heterocycles. The van der Waals surface area contributed by atoms with E-state index in [2.05, 4.69) is 0 Å². The molecule has 0 spiro atoms. The van der Waals surface area contributed by atoms with Crippen LogP contribution in [0.25, 0.3) is 0 Å². The summed E-state index contributed by atoms with van der Waals surface area (Å²) in [7, 11) is 0. The van der Waals surface area contributed by atoms with Gasteiger partial charge >= 0.3 is 0 Å². The lowest BCUT2D eigenvalue weighted by atomic mass is 10.0. The van der Waals surface area contributed by atoms with Gasteiger partial charge in [0.25, 0.3) is 5.56 Å². The molecule has 3 rings (SSSR count). The molecule has 2 aliphatic rings. The minimum Gasteiger partial charge on any atom is -0.341 e. The smallest absolute Gasteiger partial charge is 0.251 e. The van der Waals surface area contributed by atoms with Gasteiger partial charge in [0, 0.05) is 44.4 Å². The van der Waals surface area contributed by atoms with Crippen molar-refractivity contribution in [3.63, 3.8) is 0 Å². The van der Waals surface area contributed by atoms with Crippen LogP contribution < -0.4 is 5.56 Å². The summed E-state index contributed by atoms with van der Waals surface area (Å²) < 4.78 is 1.46. The first-order chi connectivity index (χ1) is 11.5. The minimum atomic E-state index is -0.147. The fraction of sp³-hybridized carbons (Fsp3) is 0.611. The summed E-state index contributed by atoms with van der Waals surface area (Å²) in [5.41, 5.74) is 0.749. The maximum absolute atomic E-state index is 12.7. The van der Waals surface area contributed by atoms with Crippen LogP contribution in [0.3, 0.4) is 0 Å². The molecule has 0 bridgehead atoms. The molecule has 2 fully saturated rings. The van der Waals surface area contributed by atoms with Gasteiger partial charge in [-0.15, -0.1) is 0 Å². The number of hydrogen-bond acceptors (Lipinski definition) is 3. The first kappa shape index (κ1) is 16.7. The number of likely N-dealkylation sites (tertiary alicyclic amines) is 2. The van der Waals surface area contributed by atoms with Gasteiger partial charge in [-0.05, 0) is 44.2 Å². The number of piperidine rings is 1. The number of carbonyl (C=O) groups excluding carboxylic acids is 2. The van der Waals surface area contributed by atoms with Gasteiger partial charge in [0.15, 0.2) is 0 Å². The number of aryl methyl sites for hydroxylation is 1. The number of amides is 2. The van der Waals surface area contributed by atoms with E-state index >= 15 is 0 Å². The van der Waals surface area contributed by atoms with Crippen molar-refractivity contribution in [2.24, 2.45) is 0 Å². The Balaban J connectivity index is 1.68. The van der Waals surface area contributed by atoms with Crippen LogP contribution in [0.2, 0.25) is 0 Å². The first-order valence-corrected chi connectivity index (χ1v) is 8.79. The Labute approximate surface area is 142 Å². The van der Waals surface area contributed by atoms with E-state index in [0.717, 1.165) is 37.8 Å². The molecule has 24 heavy (non-hydrogen) atoms. The first-order valence-electron chi connectivity index (χ1n) is 8.79. The van der Waals surface area contributed by atoms with Crippen molar-refractivity contribution >= 4 is 11.8 Å². The molecule has 1 unspecified atom stereocenters. The van der Waals surface area contributed by atoms with Crippen LogP contribution in [0.15, 0.2) is 23.1 Å². The highest BCUT2D eigenvalue weighted by atomic mass is 16.2. The van der Waals surface area contributed by atoms with E-state index in [0.29, 0.717) is 19.5 Å². The van der Waals surface area contributed by atoms with Crippen LogP contribution in [0.1, 0.15) is 37.7 Å². The van der Waals surface area contributed by atoms with Gasteiger partial charge in [0.2, 0.25) is 11.8 Å². The molecule has 1 atom stereocenters. The summed E-state index contributed by atoms with van der Waals surface area (Å²) in [6.45, 7) is 4.08. The molecule has 2 amide bonds. The fourth-order valence-corrected chi connectivity index (χ4v) is 3.64. The van der Waals surface area contributed by atoms with Crippen molar-refractivity contribution in [3.05, 3.63) is 34.2 Å². The predicted molar refractivity (Wildman–Crippen MR) is 90.6 cm³/mol. The van der Waals surface area contributed by atoms with Crippen molar-refractivity contribution in [3.8, 4) is 0 Å². The molecule has 6 heteroatoms. The normalized spacial score (nSPS) is 21.4. The highest BCUT2D eigenvalue weighted by Crippen LogP contribution is 2.21. The molecule has 0 saturated carbocycles. The highest BCUT2D eigenvalue weighted by Gasteiger charge is 2.31. The zero-order valence-corrected chi connectivity index (χ0v) is 14.2. The molecule has 130 valence electrons. The number of hydrogen-bond donors (Lipinski definition) is 0. The third kappa shape index (κ3) is 3.68. The molecule has 6 nitrogen and oxygen atoms in total. The lowest BCUT2D eigenvalue weighted by Gasteiger charge is -2.38. The molecule has 1 aromatic heterocycles. The topological polar surface area (TPSA) is 62.6 Å². The average Bonchev–Trinajstić information content (AvgIpc) is 2.95. The molecule has 2 aliphatic heterocycles. The van der Waals surface area contributed by atoms with Gasteiger partial charge < -0.3 is 14.4 Å². The van der Waals surface area contributed by atoms with Crippen molar-refractivity contribution in [1.82, 2.24) is 14.4 Å². The van der Waals surface area contributed by atoms with Gasteiger partial charge in [-0.3, -0.25) is 14.4 Å². The van der Waals surface area contributed by atoms with Crippen molar-refractivity contribution in [2.75, 3.05) is 19.6 Å². The maximum atomic E-state index is 12.7. The van der Waals surface area contributed by atoms with E-state index in [9.17, 15) is 14.4 Å². The van der Waals surface area contributed by atoms with Gasteiger partial charge in [-0.1, -0.05) is 0 Å². The van der Waals surface area contributed by atoms with Crippen LogP contribution in [-0.4, -0.2) is 51.9 Å². The standard InChI is InChI=1S/C18H25N3O3/c1-14-7-10-20(17(23)11-14)13-18(24)21-9-3-2-5-15(21)12-19-8-4-6-16(19)22/h7,10-11,15H,2-6,8-9,12-13H2,1H3. The van der Waals surface area contributed by atoms with Crippen LogP contribution in [0, 0.1) is 6.92 Å². The minimum absolute atomic E-state index is 0.0303. The molecular weight excluding hydrogens is 306 g/mol. The number of carbonyl (C=O) groups is 2. The molecule has 1 aromatic rings. The van der Waals surface area contributed by atoms with Gasteiger partial charge in [0.05, 0.1) is 0 Å². The van der Waals surface area contributed by atoms with Crippen molar-refractivity contribution in [1.29, 1.82) is 0 Å². The van der Waals surface area contributed by atoms with Gasteiger partial charge in [-0.2, -0.15) is 0 Å².